The minimum Gasteiger partial charge on any atom is -0.507 e. The Bertz CT molecular complexity index is 497. The van der Waals surface area contributed by atoms with Gasteiger partial charge in [0.2, 0.25) is 0 Å². The van der Waals surface area contributed by atoms with E-state index < -0.39 is 0 Å². The summed E-state index contributed by atoms with van der Waals surface area (Å²) in [5.41, 5.74) is 1.75. The number of alkyl halides is 1. The van der Waals surface area contributed by atoms with Gasteiger partial charge >= 0.3 is 0 Å². The van der Waals surface area contributed by atoms with Crippen LogP contribution in [0.25, 0.3) is 11.1 Å². The number of hydrogen-bond acceptors (Lipinski definition) is 2. The molecule has 18 heavy (non-hydrogen) atoms. The summed E-state index contributed by atoms with van der Waals surface area (Å²) >= 11 is 5.60. The van der Waals surface area contributed by atoms with Crippen molar-refractivity contribution in [1.29, 1.82) is 0 Å². The maximum atomic E-state index is 9.88. The molecule has 0 aliphatic carbocycles. The van der Waals surface area contributed by atoms with Crippen LogP contribution < -0.4 is 4.74 Å². The van der Waals surface area contributed by atoms with Gasteiger partial charge in [-0.15, -0.1) is 11.6 Å². The second-order valence-corrected chi connectivity index (χ2v) is 4.31. The molecule has 0 fully saturated rings. The third-order valence-electron chi connectivity index (χ3n) is 2.60. The summed E-state index contributed by atoms with van der Waals surface area (Å²) in [5.74, 6) is 1.59. The lowest BCUT2D eigenvalue weighted by Gasteiger charge is -2.09. The lowest BCUT2D eigenvalue weighted by atomic mass is 10.0. The van der Waals surface area contributed by atoms with E-state index in [4.69, 9.17) is 16.3 Å². The first-order valence-electron chi connectivity index (χ1n) is 5.88. The number of phenolic OH excluding ortho intramolecular Hbond substituents is 1. The molecule has 2 aromatic carbocycles. The Labute approximate surface area is 112 Å². The molecule has 2 rings (SSSR count). The van der Waals surface area contributed by atoms with Crippen LogP contribution in [0.4, 0.5) is 0 Å². The Kier molecular flexibility index (Phi) is 4.48. The lowest BCUT2D eigenvalue weighted by Crippen LogP contribution is -1.97. The van der Waals surface area contributed by atoms with Crippen molar-refractivity contribution in [3.8, 4) is 22.6 Å². The molecule has 0 radical (unpaired) electrons. The molecule has 0 saturated carbocycles. The second kappa shape index (κ2) is 6.31. The van der Waals surface area contributed by atoms with Gasteiger partial charge in [0.05, 0.1) is 6.61 Å². The number of hydrogen-bond donors (Lipinski definition) is 1. The number of benzene rings is 2. The molecule has 0 bridgehead atoms. The SMILES string of the molecule is Oc1ccc(OCCCCl)cc1-c1ccccc1. The van der Waals surface area contributed by atoms with Gasteiger partial charge in [-0.25, -0.2) is 0 Å². The Morgan fingerprint density at radius 3 is 2.56 bits per heavy atom. The van der Waals surface area contributed by atoms with Crippen LogP contribution in [0.15, 0.2) is 48.5 Å². The molecule has 0 atom stereocenters. The van der Waals surface area contributed by atoms with Crippen LogP contribution in [-0.4, -0.2) is 17.6 Å². The highest BCUT2D eigenvalue weighted by molar-refractivity contribution is 6.17. The highest BCUT2D eigenvalue weighted by Crippen LogP contribution is 2.32. The molecule has 0 unspecified atom stereocenters. The van der Waals surface area contributed by atoms with Gasteiger partial charge in [0, 0.05) is 11.4 Å². The van der Waals surface area contributed by atoms with Gasteiger partial charge in [-0.3, -0.25) is 0 Å². The topological polar surface area (TPSA) is 29.5 Å². The van der Waals surface area contributed by atoms with E-state index in [1.165, 1.54) is 0 Å². The smallest absolute Gasteiger partial charge is 0.123 e. The minimum atomic E-state index is 0.255. The monoisotopic (exact) mass is 262 g/mol. The number of aromatic hydroxyl groups is 1. The van der Waals surface area contributed by atoms with E-state index in [9.17, 15) is 5.11 Å². The van der Waals surface area contributed by atoms with Gasteiger partial charge in [-0.05, 0) is 30.2 Å². The van der Waals surface area contributed by atoms with E-state index in [1.807, 2.05) is 36.4 Å². The summed E-state index contributed by atoms with van der Waals surface area (Å²) in [6.45, 7) is 0.586. The molecule has 0 saturated heterocycles. The first kappa shape index (κ1) is 12.8. The van der Waals surface area contributed by atoms with E-state index in [-0.39, 0.29) is 5.75 Å². The van der Waals surface area contributed by atoms with Gasteiger partial charge in [0.25, 0.3) is 0 Å². The fraction of sp³-hybridized carbons (Fsp3) is 0.200. The summed E-state index contributed by atoms with van der Waals surface area (Å²) in [4.78, 5) is 0. The predicted molar refractivity (Wildman–Crippen MR) is 74.4 cm³/mol. The van der Waals surface area contributed by atoms with Gasteiger partial charge in [0.1, 0.15) is 11.5 Å². The highest BCUT2D eigenvalue weighted by Gasteiger charge is 2.05. The standard InChI is InChI=1S/C15H15ClO2/c16-9-4-10-18-13-7-8-15(17)14(11-13)12-5-2-1-3-6-12/h1-3,5-8,11,17H,4,9-10H2. The number of rotatable bonds is 5. The maximum absolute atomic E-state index is 9.88. The summed E-state index contributed by atoms with van der Waals surface area (Å²) in [6, 6.07) is 15.0. The Morgan fingerprint density at radius 2 is 1.83 bits per heavy atom. The fourth-order valence-electron chi connectivity index (χ4n) is 1.70. The van der Waals surface area contributed by atoms with Crippen LogP contribution >= 0.6 is 11.6 Å². The minimum absolute atomic E-state index is 0.255. The van der Waals surface area contributed by atoms with E-state index in [0.717, 1.165) is 23.3 Å². The molecule has 0 aromatic heterocycles. The fourth-order valence-corrected chi connectivity index (χ4v) is 1.81. The van der Waals surface area contributed by atoms with Crippen molar-refractivity contribution in [2.24, 2.45) is 0 Å². The van der Waals surface area contributed by atoms with Gasteiger partial charge in [-0.2, -0.15) is 0 Å². The zero-order chi connectivity index (χ0) is 12.8. The first-order chi connectivity index (χ1) is 8.81. The first-order valence-corrected chi connectivity index (χ1v) is 6.42. The molecule has 0 aliphatic rings. The Balaban J connectivity index is 2.22. The van der Waals surface area contributed by atoms with Gasteiger partial charge in [0.15, 0.2) is 0 Å². The molecule has 0 spiro atoms. The van der Waals surface area contributed by atoms with Gasteiger partial charge in [-0.1, -0.05) is 30.3 Å². The van der Waals surface area contributed by atoms with Crippen LogP contribution in [-0.2, 0) is 0 Å². The van der Waals surface area contributed by atoms with Crippen molar-refractivity contribution < 1.29 is 9.84 Å². The van der Waals surface area contributed by atoms with Crippen LogP contribution in [0.3, 0.4) is 0 Å². The number of phenols is 1. The average Bonchev–Trinajstić information content (AvgIpc) is 2.42. The normalized spacial score (nSPS) is 10.3. The molecule has 1 N–H and O–H groups in total. The molecule has 0 aliphatic heterocycles. The van der Waals surface area contributed by atoms with Crippen molar-refractivity contribution in [2.75, 3.05) is 12.5 Å². The Hall–Kier alpha value is -1.67. The van der Waals surface area contributed by atoms with Crippen LogP contribution in [0, 0.1) is 0 Å². The number of halogens is 1. The van der Waals surface area contributed by atoms with Crippen molar-refractivity contribution >= 4 is 11.6 Å². The molecular weight excluding hydrogens is 248 g/mol. The molecule has 94 valence electrons. The highest BCUT2D eigenvalue weighted by atomic mass is 35.5. The second-order valence-electron chi connectivity index (χ2n) is 3.94. The largest absolute Gasteiger partial charge is 0.507 e. The predicted octanol–water partition coefficient (Wildman–Crippen LogP) is 4.07. The van der Waals surface area contributed by atoms with Crippen molar-refractivity contribution in [3.63, 3.8) is 0 Å². The van der Waals surface area contributed by atoms with E-state index in [2.05, 4.69) is 0 Å². The van der Waals surface area contributed by atoms with Crippen molar-refractivity contribution in [1.82, 2.24) is 0 Å². The lowest BCUT2D eigenvalue weighted by molar-refractivity contribution is 0.318. The van der Waals surface area contributed by atoms with E-state index in [1.54, 1.807) is 12.1 Å². The van der Waals surface area contributed by atoms with Gasteiger partial charge < -0.3 is 9.84 Å². The van der Waals surface area contributed by atoms with Crippen molar-refractivity contribution in [2.45, 2.75) is 6.42 Å². The zero-order valence-electron chi connectivity index (χ0n) is 9.97. The maximum Gasteiger partial charge on any atom is 0.123 e. The zero-order valence-corrected chi connectivity index (χ0v) is 10.7. The molecule has 2 aromatic rings. The quantitative estimate of drug-likeness (QED) is 0.650. The third kappa shape index (κ3) is 3.17. The summed E-state index contributed by atoms with van der Waals surface area (Å²) in [5, 5.41) is 9.88. The molecular formula is C15H15ClO2. The van der Waals surface area contributed by atoms with Crippen LogP contribution in [0.1, 0.15) is 6.42 Å². The molecule has 0 heterocycles. The van der Waals surface area contributed by atoms with E-state index in [0.29, 0.717) is 12.5 Å². The summed E-state index contributed by atoms with van der Waals surface area (Å²) in [6.07, 6.45) is 0.809. The average molecular weight is 263 g/mol. The molecule has 0 amide bonds. The molecule has 2 nitrogen and oxygen atoms in total. The Morgan fingerprint density at radius 1 is 1.06 bits per heavy atom. The number of ether oxygens (including phenoxy) is 1. The van der Waals surface area contributed by atoms with Crippen LogP contribution in [0.2, 0.25) is 0 Å². The summed E-state index contributed by atoms with van der Waals surface area (Å²) < 4.78 is 5.57. The van der Waals surface area contributed by atoms with Crippen molar-refractivity contribution in [3.05, 3.63) is 48.5 Å². The third-order valence-corrected chi connectivity index (χ3v) is 2.87. The summed E-state index contributed by atoms with van der Waals surface area (Å²) in [7, 11) is 0. The van der Waals surface area contributed by atoms with Crippen LogP contribution in [0.5, 0.6) is 11.5 Å². The molecule has 3 heteroatoms. The van der Waals surface area contributed by atoms with E-state index >= 15 is 0 Å².